The number of carboxylic acid groups (broad SMARTS) is 1. The lowest BCUT2D eigenvalue weighted by atomic mass is 9.99. The molecule has 0 aromatic rings. The zero-order valence-corrected chi connectivity index (χ0v) is 11.5. The molecule has 2 aliphatic rings. The van der Waals surface area contributed by atoms with Crippen LogP contribution in [0.5, 0.6) is 0 Å². The third-order valence-corrected chi connectivity index (χ3v) is 3.80. The number of urea groups is 1. The Balaban J connectivity index is 2.04. The van der Waals surface area contributed by atoms with Crippen LogP contribution in [0.3, 0.4) is 0 Å². The third kappa shape index (κ3) is 2.55. The molecule has 20 heavy (non-hydrogen) atoms. The van der Waals surface area contributed by atoms with Crippen molar-refractivity contribution >= 4 is 17.9 Å². The maximum atomic E-state index is 12.3. The standard InChI is InChI=1S/C12H19N3O5/c1-12(2)10(18)13-3-4-15(12)11(19)14-8-6-20-5-7(8)9(16)17/h7-8H,3-6H2,1-2H3,(H,13,18)(H,14,19)(H,16,17). The number of carboxylic acids is 1. The third-order valence-electron chi connectivity index (χ3n) is 3.80. The number of aliphatic carboxylic acids is 1. The van der Waals surface area contributed by atoms with E-state index < -0.39 is 29.5 Å². The first-order valence-corrected chi connectivity index (χ1v) is 6.51. The summed E-state index contributed by atoms with van der Waals surface area (Å²) < 4.78 is 5.10. The predicted octanol–water partition coefficient (Wildman–Crippen LogP) is -0.994. The number of rotatable bonds is 2. The first-order valence-electron chi connectivity index (χ1n) is 6.51. The number of hydrogen-bond acceptors (Lipinski definition) is 4. The second kappa shape index (κ2) is 5.28. The Hall–Kier alpha value is -1.83. The maximum absolute atomic E-state index is 12.3. The summed E-state index contributed by atoms with van der Waals surface area (Å²) in [5.74, 6) is -1.97. The molecule has 0 aromatic heterocycles. The summed E-state index contributed by atoms with van der Waals surface area (Å²) in [5.41, 5.74) is -0.958. The minimum atomic E-state index is -0.997. The predicted molar refractivity (Wildman–Crippen MR) is 68.1 cm³/mol. The lowest BCUT2D eigenvalue weighted by Crippen LogP contribution is -2.66. The van der Waals surface area contributed by atoms with Gasteiger partial charge in [-0.2, -0.15) is 0 Å². The summed E-state index contributed by atoms with van der Waals surface area (Å²) in [6, 6.07) is -1.01. The SMILES string of the molecule is CC1(C)C(=O)NCCN1C(=O)NC1COCC1C(=O)O. The number of nitrogens with one attached hydrogen (secondary N) is 2. The lowest BCUT2D eigenvalue weighted by Gasteiger charge is -2.41. The molecule has 2 heterocycles. The van der Waals surface area contributed by atoms with Gasteiger partial charge in [0.05, 0.1) is 19.3 Å². The molecular weight excluding hydrogens is 266 g/mol. The van der Waals surface area contributed by atoms with E-state index in [-0.39, 0.29) is 19.1 Å². The number of hydrogen-bond donors (Lipinski definition) is 3. The van der Waals surface area contributed by atoms with Gasteiger partial charge in [0, 0.05) is 13.1 Å². The van der Waals surface area contributed by atoms with Crippen LogP contribution in [-0.4, -0.2) is 65.8 Å². The van der Waals surface area contributed by atoms with Gasteiger partial charge >= 0.3 is 12.0 Å². The molecule has 3 N–H and O–H groups in total. The highest BCUT2D eigenvalue weighted by molar-refractivity contribution is 5.91. The quantitative estimate of drug-likeness (QED) is 0.603. The second-order valence-corrected chi connectivity index (χ2v) is 5.50. The Morgan fingerprint density at radius 3 is 2.80 bits per heavy atom. The molecule has 2 rings (SSSR count). The molecule has 0 saturated carbocycles. The van der Waals surface area contributed by atoms with Gasteiger partial charge in [-0.25, -0.2) is 4.79 Å². The van der Waals surface area contributed by atoms with E-state index in [1.807, 2.05) is 0 Å². The molecule has 2 fully saturated rings. The van der Waals surface area contributed by atoms with E-state index >= 15 is 0 Å². The van der Waals surface area contributed by atoms with E-state index in [0.29, 0.717) is 13.1 Å². The van der Waals surface area contributed by atoms with Crippen molar-refractivity contribution in [2.45, 2.75) is 25.4 Å². The summed E-state index contributed by atoms with van der Waals surface area (Å²) in [6.07, 6.45) is 0. The van der Waals surface area contributed by atoms with Crippen LogP contribution in [0.4, 0.5) is 4.79 Å². The van der Waals surface area contributed by atoms with Crippen LogP contribution in [0.2, 0.25) is 0 Å². The van der Waals surface area contributed by atoms with Gasteiger partial charge in [-0.15, -0.1) is 0 Å². The molecule has 8 nitrogen and oxygen atoms in total. The van der Waals surface area contributed by atoms with Gasteiger partial charge in [0.15, 0.2) is 0 Å². The summed E-state index contributed by atoms with van der Waals surface area (Å²) in [4.78, 5) is 36.5. The van der Waals surface area contributed by atoms with E-state index in [1.54, 1.807) is 13.8 Å². The van der Waals surface area contributed by atoms with Gasteiger partial charge in [-0.1, -0.05) is 0 Å². The summed E-state index contributed by atoms with van der Waals surface area (Å²) in [7, 11) is 0. The fourth-order valence-electron chi connectivity index (χ4n) is 2.43. The lowest BCUT2D eigenvalue weighted by molar-refractivity contribution is -0.142. The van der Waals surface area contributed by atoms with Crippen molar-refractivity contribution in [1.82, 2.24) is 15.5 Å². The van der Waals surface area contributed by atoms with Crippen molar-refractivity contribution in [3.8, 4) is 0 Å². The van der Waals surface area contributed by atoms with Crippen molar-refractivity contribution in [2.75, 3.05) is 26.3 Å². The van der Waals surface area contributed by atoms with Gasteiger partial charge < -0.3 is 25.4 Å². The highest BCUT2D eigenvalue weighted by Crippen LogP contribution is 2.19. The first-order chi connectivity index (χ1) is 9.34. The zero-order valence-electron chi connectivity index (χ0n) is 11.5. The Labute approximate surface area is 116 Å². The molecule has 2 unspecified atom stereocenters. The van der Waals surface area contributed by atoms with Crippen molar-refractivity contribution in [3.63, 3.8) is 0 Å². The number of amides is 3. The van der Waals surface area contributed by atoms with Gasteiger partial charge in [-0.05, 0) is 13.8 Å². The zero-order chi connectivity index (χ0) is 14.9. The van der Waals surface area contributed by atoms with Crippen LogP contribution in [0.15, 0.2) is 0 Å². The molecule has 112 valence electrons. The molecule has 0 spiro atoms. The normalized spacial score (nSPS) is 28.9. The van der Waals surface area contributed by atoms with E-state index in [9.17, 15) is 14.4 Å². The number of piperazine rings is 1. The van der Waals surface area contributed by atoms with Gasteiger partial charge in [-0.3, -0.25) is 9.59 Å². The monoisotopic (exact) mass is 285 g/mol. The molecule has 0 aliphatic carbocycles. The van der Waals surface area contributed by atoms with Gasteiger partial charge in [0.1, 0.15) is 11.5 Å². The van der Waals surface area contributed by atoms with Crippen molar-refractivity contribution in [3.05, 3.63) is 0 Å². The summed E-state index contributed by atoms with van der Waals surface area (Å²) >= 11 is 0. The van der Waals surface area contributed by atoms with E-state index in [2.05, 4.69) is 10.6 Å². The molecular formula is C12H19N3O5. The van der Waals surface area contributed by atoms with Crippen LogP contribution in [0.25, 0.3) is 0 Å². The molecule has 0 radical (unpaired) electrons. The molecule has 2 aliphatic heterocycles. The van der Waals surface area contributed by atoms with Crippen molar-refractivity contribution < 1.29 is 24.2 Å². The Kier molecular flexibility index (Phi) is 3.85. The Morgan fingerprint density at radius 1 is 1.45 bits per heavy atom. The van der Waals surface area contributed by atoms with Crippen LogP contribution < -0.4 is 10.6 Å². The smallest absolute Gasteiger partial charge is 0.318 e. The van der Waals surface area contributed by atoms with E-state index in [0.717, 1.165) is 0 Å². The van der Waals surface area contributed by atoms with E-state index in [1.165, 1.54) is 4.90 Å². The van der Waals surface area contributed by atoms with Crippen LogP contribution in [0.1, 0.15) is 13.8 Å². The van der Waals surface area contributed by atoms with Crippen LogP contribution in [0, 0.1) is 5.92 Å². The first kappa shape index (κ1) is 14.6. The summed E-state index contributed by atoms with van der Waals surface area (Å²) in [5, 5.41) is 14.4. The molecule has 3 amide bonds. The number of ether oxygens (including phenoxy) is 1. The molecule has 0 aromatic carbocycles. The fourth-order valence-corrected chi connectivity index (χ4v) is 2.43. The van der Waals surface area contributed by atoms with Gasteiger partial charge in [0.25, 0.3) is 0 Å². The van der Waals surface area contributed by atoms with Crippen molar-refractivity contribution in [1.29, 1.82) is 0 Å². The number of carbonyl (C=O) groups is 3. The van der Waals surface area contributed by atoms with Crippen LogP contribution >= 0.6 is 0 Å². The number of carbonyl (C=O) groups excluding carboxylic acids is 2. The Morgan fingerprint density at radius 2 is 2.15 bits per heavy atom. The number of nitrogens with zero attached hydrogens (tertiary/aromatic N) is 1. The minimum absolute atomic E-state index is 0.0875. The fraction of sp³-hybridized carbons (Fsp3) is 0.750. The molecule has 0 bridgehead atoms. The average Bonchev–Trinajstić information content (AvgIpc) is 2.80. The minimum Gasteiger partial charge on any atom is -0.481 e. The second-order valence-electron chi connectivity index (χ2n) is 5.50. The topological polar surface area (TPSA) is 108 Å². The van der Waals surface area contributed by atoms with Crippen molar-refractivity contribution in [2.24, 2.45) is 5.92 Å². The molecule has 2 saturated heterocycles. The average molecular weight is 285 g/mol. The molecule has 8 heteroatoms. The van der Waals surface area contributed by atoms with Crippen LogP contribution in [-0.2, 0) is 14.3 Å². The van der Waals surface area contributed by atoms with Gasteiger partial charge in [0.2, 0.25) is 5.91 Å². The summed E-state index contributed by atoms with van der Waals surface area (Å²) in [6.45, 7) is 4.34. The molecule has 2 atom stereocenters. The Bertz CT molecular complexity index is 437. The van der Waals surface area contributed by atoms with E-state index in [4.69, 9.17) is 9.84 Å². The largest absolute Gasteiger partial charge is 0.481 e. The maximum Gasteiger partial charge on any atom is 0.318 e. The highest BCUT2D eigenvalue weighted by Gasteiger charge is 2.42. The highest BCUT2D eigenvalue weighted by atomic mass is 16.5.